The summed E-state index contributed by atoms with van der Waals surface area (Å²) in [6.07, 6.45) is 1.91. The van der Waals surface area contributed by atoms with Crippen LogP contribution in [0.3, 0.4) is 0 Å². The average Bonchev–Trinajstić information content (AvgIpc) is 3.91. The van der Waals surface area contributed by atoms with Gasteiger partial charge < -0.3 is 19.5 Å². The number of aryl methyl sites for hydroxylation is 2. The number of nitrogens with one attached hydrogen (secondary N) is 1. The average molecular weight is 1130 g/mol. The van der Waals surface area contributed by atoms with Crippen LogP contribution >= 0.6 is 0 Å². The zero-order valence-corrected chi connectivity index (χ0v) is 45.4. The van der Waals surface area contributed by atoms with Gasteiger partial charge in [-0.25, -0.2) is 11.5 Å². The van der Waals surface area contributed by atoms with Crippen LogP contribution in [-0.4, -0.2) is 9.55 Å². The van der Waals surface area contributed by atoms with Gasteiger partial charge in [-0.3, -0.25) is 0 Å². The van der Waals surface area contributed by atoms with Gasteiger partial charge in [0.1, 0.15) is 5.82 Å². The third-order valence-corrected chi connectivity index (χ3v) is 15.0. The molecule has 6 heteroatoms. The van der Waals surface area contributed by atoms with Crippen molar-refractivity contribution in [1.82, 2.24) is 9.55 Å². The van der Waals surface area contributed by atoms with Crippen LogP contribution < -0.4 is 15.0 Å². The van der Waals surface area contributed by atoms with E-state index in [2.05, 4.69) is 272 Å². The minimum atomic E-state index is -0.254. The molecule has 2 aromatic heterocycles. The quantitative estimate of drug-likeness (QED) is 0.131. The number of para-hydroxylation sites is 2. The summed E-state index contributed by atoms with van der Waals surface area (Å²) in [5, 5.41) is 6.27. The Hall–Kier alpha value is -7.20. The Labute approximate surface area is 446 Å². The van der Waals surface area contributed by atoms with Crippen molar-refractivity contribution in [2.24, 2.45) is 0 Å². The fraction of sp³-hybridized carbons (Fsp3) is 0.194. The first-order chi connectivity index (χ1) is 34.6. The number of anilines is 3. The summed E-state index contributed by atoms with van der Waals surface area (Å²) in [7, 11) is 0. The minimum Gasteiger partial charge on any atom is -0.512 e. The molecule has 0 radical (unpaired) electrons. The summed E-state index contributed by atoms with van der Waals surface area (Å²) in [6, 6.07) is 72.6. The fourth-order valence-corrected chi connectivity index (χ4v) is 10.7. The molecule has 8 aromatic carbocycles. The van der Waals surface area contributed by atoms with E-state index in [1.165, 1.54) is 50.1 Å². The van der Waals surface area contributed by atoms with Crippen LogP contribution in [0.15, 0.2) is 188 Å². The van der Waals surface area contributed by atoms with Gasteiger partial charge in [-0.1, -0.05) is 181 Å². The maximum atomic E-state index is 6.97. The number of benzene rings is 8. The molecule has 1 N–H and O–H groups in total. The molecule has 3 heterocycles. The summed E-state index contributed by atoms with van der Waals surface area (Å²) < 4.78 is 9.18. The van der Waals surface area contributed by atoms with Crippen molar-refractivity contribution in [3.05, 3.63) is 251 Å². The summed E-state index contributed by atoms with van der Waals surface area (Å²) in [4.78, 5) is 7.19. The van der Waals surface area contributed by atoms with Crippen LogP contribution in [0.5, 0.6) is 11.5 Å². The minimum absolute atomic E-state index is 0. The normalized spacial score (nSPS) is 13.8. The van der Waals surface area contributed by atoms with Gasteiger partial charge in [-0.15, -0.1) is 47.0 Å². The van der Waals surface area contributed by atoms with Crippen molar-refractivity contribution < 1.29 is 25.8 Å². The predicted molar refractivity (Wildman–Crippen MR) is 299 cm³/mol. The molecule has 1 unspecified atom stereocenters. The van der Waals surface area contributed by atoms with E-state index in [9.17, 15) is 0 Å². The second-order valence-electron chi connectivity index (χ2n) is 21.6. The van der Waals surface area contributed by atoms with E-state index in [1.807, 2.05) is 12.3 Å². The molecule has 1 aliphatic rings. The summed E-state index contributed by atoms with van der Waals surface area (Å²) >= 11 is 0. The van der Waals surface area contributed by atoms with E-state index in [1.54, 1.807) is 0 Å². The molecule has 11 rings (SSSR count). The van der Waals surface area contributed by atoms with Crippen molar-refractivity contribution in [2.75, 3.05) is 10.2 Å². The molecule has 5 nitrogen and oxygen atoms in total. The van der Waals surface area contributed by atoms with Crippen molar-refractivity contribution in [2.45, 2.75) is 84.6 Å². The number of ether oxygens (including phenoxy) is 1. The smallest absolute Gasteiger partial charge is 0.135 e. The molecule has 73 heavy (non-hydrogen) atoms. The molecule has 0 spiro atoms. The van der Waals surface area contributed by atoms with Crippen molar-refractivity contribution in [3.63, 3.8) is 0 Å². The van der Waals surface area contributed by atoms with Crippen LogP contribution in [0, 0.1) is 32.5 Å². The van der Waals surface area contributed by atoms with Crippen molar-refractivity contribution in [3.8, 4) is 28.4 Å². The number of fused-ring (bicyclic) bond motifs is 4. The number of hydrogen-bond acceptors (Lipinski definition) is 4. The maximum Gasteiger partial charge on any atom is 0.135 e. The molecule has 0 aliphatic carbocycles. The largest absolute Gasteiger partial charge is 0.512 e. The molecule has 0 saturated carbocycles. The second-order valence-corrected chi connectivity index (χ2v) is 21.6. The van der Waals surface area contributed by atoms with E-state index in [0.717, 1.165) is 50.2 Å². The third-order valence-electron chi connectivity index (χ3n) is 15.0. The fourth-order valence-electron chi connectivity index (χ4n) is 10.7. The third kappa shape index (κ3) is 9.30. The first-order valence-electron chi connectivity index (χ1n) is 25.1. The Morgan fingerprint density at radius 1 is 0.562 bits per heavy atom. The molecular formula is C67H61N4OPt-3. The number of aromatic nitrogens is 2. The van der Waals surface area contributed by atoms with E-state index >= 15 is 0 Å². The van der Waals surface area contributed by atoms with Crippen LogP contribution in [0.2, 0.25) is 0 Å². The molecule has 0 saturated heterocycles. The van der Waals surface area contributed by atoms with Gasteiger partial charge in [0.25, 0.3) is 0 Å². The van der Waals surface area contributed by atoms with E-state index in [4.69, 9.17) is 9.72 Å². The monoisotopic (exact) mass is 1130 g/mol. The molecular weight excluding hydrogens is 1070 g/mol. The van der Waals surface area contributed by atoms with Gasteiger partial charge in [0.15, 0.2) is 0 Å². The second kappa shape index (κ2) is 19.3. The van der Waals surface area contributed by atoms with Crippen LogP contribution in [0.25, 0.3) is 38.8 Å². The SMILES string of the molecule is Cc1cccc(C)c1-c1cc(Oc2[c-]c3c(cc2)c2ccccc2n3-c2cc(C(C)(C)C)ccn2)[c-]c(N2[CH-]C(Nc3cc(C(C)(C)c4ccccc4)cc(C(C)(C)c4ccccc4)c3)c3ccccc32)c1.[Pt]. The van der Waals surface area contributed by atoms with Crippen LogP contribution in [-0.2, 0) is 37.3 Å². The first-order valence-corrected chi connectivity index (χ1v) is 25.1. The number of pyridine rings is 1. The van der Waals surface area contributed by atoms with Crippen molar-refractivity contribution in [1.29, 1.82) is 0 Å². The molecule has 0 amide bonds. The van der Waals surface area contributed by atoms with Gasteiger partial charge >= 0.3 is 0 Å². The number of nitrogens with zero attached hydrogens (tertiary/aromatic N) is 3. The Balaban J connectivity index is 0.00000611. The summed E-state index contributed by atoms with van der Waals surface area (Å²) in [6.45, 7) is 22.7. The molecule has 0 bridgehead atoms. The first kappa shape index (κ1) is 49.4. The Bertz CT molecular complexity index is 3550. The van der Waals surface area contributed by atoms with Crippen LogP contribution in [0.1, 0.15) is 99.0 Å². The van der Waals surface area contributed by atoms with Gasteiger partial charge in [0.05, 0.1) is 0 Å². The maximum absolute atomic E-state index is 6.97. The Morgan fingerprint density at radius 3 is 1.86 bits per heavy atom. The van der Waals surface area contributed by atoms with Gasteiger partial charge in [-0.2, -0.15) is 6.07 Å². The topological polar surface area (TPSA) is 42.3 Å². The molecule has 368 valence electrons. The van der Waals surface area contributed by atoms with Crippen LogP contribution in [0.4, 0.5) is 17.1 Å². The standard InChI is InChI=1S/C67H61N4O.Pt/c1-44-21-20-22-45(2)64(44)46-35-53(41-55(36-46)72-54-31-32-57-56-27-16-19-30-61(56)71(62(57)42-54)63-40-49(33-34-68-63)65(3,4)5)70-43-59(58-28-17-18-29-60(58)70)69-52-38-50(66(6,7)47-23-12-10-13-24-47)37-51(39-52)67(8,9)48-25-14-11-15-26-48;/h10-40,43,59,69H,1-9H3;/q-3;. The number of hydrogen-bond donors (Lipinski definition) is 1. The van der Waals surface area contributed by atoms with Gasteiger partial charge in [-0.05, 0) is 111 Å². The molecule has 10 aromatic rings. The molecule has 1 aliphatic heterocycles. The van der Waals surface area contributed by atoms with E-state index in [0.29, 0.717) is 11.5 Å². The zero-order chi connectivity index (χ0) is 49.9. The van der Waals surface area contributed by atoms with Gasteiger partial charge in [0, 0.05) is 66.5 Å². The predicted octanol–water partition coefficient (Wildman–Crippen LogP) is 17.3. The summed E-state index contributed by atoms with van der Waals surface area (Å²) in [5.41, 5.74) is 16.5. The van der Waals surface area contributed by atoms with E-state index in [-0.39, 0.29) is 43.4 Å². The van der Waals surface area contributed by atoms with E-state index < -0.39 is 0 Å². The Morgan fingerprint density at radius 2 is 1.19 bits per heavy atom. The molecule has 1 atom stereocenters. The Kier molecular flexibility index (Phi) is 13.1. The summed E-state index contributed by atoms with van der Waals surface area (Å²) in [5.74, 6) is 2.04. The zero-order valence-electron chi connectivity index (χ0n) is 43.1. The van der Waals surface area contributed by atoms with Gasteiger partial charge in [0.2, 0.25) is 0 Å². The van der Waals surface area contributed by atoms with Crippen molar-refractivity contribution >= 4 is 38.9 Å². The molecule has 0 fully saturated rings. The number of rotatable bonds is 11.